The van der Waals surface area contributed by atoms with Crippen molar-refractivity contribution in [3.63, 3.8) is 0 Å². The summed E-state index contributed by atoms with van der Waals surface area (Å²) in [6, 6.07) is 16.2. The van der Waals surface area contributed by atoms with Crippen molar-refractivity contribution in [2.75, 3.05) is 9.44 Å². The molecule has 0 aliphatic heterocycles. The van der Waals surface area contributed by atoms with Gasteiger partial charge in [-0.15, -0.1) is 0 Å². The van der Waals surface area contributed by atoms with Crippen LogP contribution in [0.25, 0.3) is 0 Å². The van der Waals surface area contributed by atoms with Gasteiger partial charge >= 0.3 is 0 Å². The van der Waals surface area contributed by atoms with Gasteiger partial charge in [0.25, 0.3) is 20.0 Å². The van der Waals surface area contributed by atoms with E-state index >= 15 is 0 Å². The predicted molar refractivity (Wildman–Crippen MR) is 119 cm³/mol. The van der Waals surface area contributed by atoms with Gasteiger partial charge in [-0.25, -0.2) is 16.8 Å². The molecule has 0 spiro atoms. The molecule has 2 rings (SSSR count). The lowest BCUT2D eigenvalue weighted by atomic mass is 10.3. The number of alkyl halides is 4. The number of rotatable bonds is 7. The Kier molecular flexibility index (Phi) is 6.88. The summed E-state index contributed by atoms with van der Waals surface area (Å²) in [6.07, 6.45) is 0. The second kappa shape index (κ2) is 8.08. The average molecular weight is 656 g/mol. The lowest BCUT2D eigenvalue weighted by molar-refractivity contribution is 0.585. The number of sulfonamides is 2. The number of para-hydroxylation sites is 2. The number of benzene rings is 2. The molecule has 0 saturated carbocycles. The Bertz CT molecular complexity index is 885. The summed E-state index contributed by atoms with van der Waals surface area (Å²) in [7, 11) is -8.55. The highest BCUT2D eigenvalue weighted by molar-refractivity contribution is 9.33. The average Bonchev–Trinajstić information content (AvgIpc) is 2.55. The molecule has 0 saturated heterocycles. The van der Waals surface area contributed by atoms with Crippen LogP contribution in [0.15, 0.2) is 60.7 Å². The van der Waals surface area contributed by atoms with Crippen molar-refractivity contribution in [3.05, 3.63) is 60.7 Å². The molecule has 2 aromatic carbocycles. The third kappa shape index (κ3) is 4.46. The Morgan fingerprint density at radius 2 is 0.846 bits per heavy atom. The van der Waals surface area contributed by atoms with Gasteiger partial charge < -0.3 is 0 Å². The van der Waals surface area contributed by atoms with Crippen molar-refractivity contribution < 1.29 is 16.8 Å². The molecule has 6 nitrogen and oxygen atoms in total. The minimum atomic E-state index is -4.28. The summed E-state index contributed by atoms with van der Waals surface area (Å²) in [4.78, 5) is 0. The van der Waals surface area contributed by atoms with E-state index in [0.29, 0.717) is 0 Å². The van der Waals surface area contributed by atoms with E-state index in [-0.39, 0.29) is 11.4 Å². The SMILES string of the molecule is O=S(=O)(Nc1ccccc1)C(Br)(Br)C(Br)(Br)S(=O)(=O)Nc1ccccc1. The molecule has 0 amide bonds. The summed E-state index contributed by atoms with van der Waals surface area (Å²) < 4.78 is 51.6. The van der Waals surface area contributed by atoms with Gasteiger partial charge in [-0.2, -0.15) is 0 Å². The largest absolute Gasteiger partial charge is 0.282 e. The van der Waals surface area contributed by atoms with E-state index in [1.54, 1.807) is 36.4 Å². The molecule has 0 bridgehead atoms. The first-order valence-corrected chi connectivity index (χ1v) is 12.9. The molecule has 0 fully saturated rings. The maximum Gasteiger partial charge on any atom is 0.262 e. The van der Waals surface area contributed by atoms with Gasteiger partial charge in [0.05, 0.1) is 0 Å². The van der Waals surface area contributed by atoms with Crippen LogP contribution >= 0.6 is 63.7 Å². The van der Waals surface area contributed by atoms with Gasteiger partial charge in [-0.05, 0) is 88.0 Å². The molecule has 12 heteroatoms. The summed E-state index contributed by atoms with van der Waals surface area (Å²) >= 11 is 11.9. The Morgan fingerprint density at radius 3 is 1.12 bits per heavy atom. The van der Waals surface area contributed by atoms with Gasteiger partial charge in [0.2, 0.25) is 5.13 Å². The molecule has 2 N–H and O–H groups in total. The number of hydrogen-bond donors (Lipinski definition) is 2. The first-order valence-electron chi connectivity index (χ1n) is 6.81. The standard InChI is InChI=1S/C14H12Br4N2O4S2/c15-13(16,25(21,22)19-11-7-3-1-4-8-11)14(17,18)26(23,24)20-12-9-5-2-6-10-12/h1-10,19-20H. The van der Waals surface area contributed by atoms with Crippen molar-refractivity contribution in [1.29, 1.82) is 0 Å². The Labute approximate surface area is 185 Å². The van der Waals surface area contributed by atoms with Crippen LogP contribution < -0.4 is 9.44 Å². The lowest BCUT2D eigenvalue weighted by Crippen LogP contribution is -2.51. The summed E-state index contributed by atoms with van der Waals surface area (Å²) in [5.41, 5.74) is 0.556. The fraction of sp³-hybridized carbons (Fsp3) is 0.143. The van der Waals surface area contributed by atoms with Gasteiger partial charge in [-0.1, -0.05) is 36.4 Å². The van der Waals surface area contributed by atoms with Crippen LogP contribution in [0.3, 0.4) is 0 Å². The molecule has 0 radical (unpaired) electrons. The first-order chi connectivity index (χ1) is 11.9. The number of nitrogens with one attached hydrogen (secondary N) is 2. The fourth-order valence-corrected chi connectivity index (χ4v) is 7.73. The highest BCUT2D eigenvalue weighted by Gasteiger charge is 2.63. The number of halogens is 4. The minimum Gasteiger partial charge on any atom is -0.282 e. The van der Waals surface area contributed by atoms with E-state index in [0.717, 1.165) is 0 Å². The summed E-state index contributed by atoms with van der Waals surface area (Å²) in [5, 5.41) is 0. The molecule has 0 atom stereocenters. The van der Waals surface area contributed by atoms with Crippen LogP contribution in [0, 0.1) is 0 Å². The zero-order valence-electron chi connectivity index (χ0n) is 12.7. The molecule has 2 aromatic rings. The highest BCUT2D eigenvalue weighted by Crippen LogP contribution is 2.55. The second-order valence-corrected chi connectivity index (χ2v) is 17.6. The topological polar surface area (TPSA) is 92.3 Å². The summed E-state index contributed by atoms with van der Waals surface area (Å²) in [5.74, 6) is 0. The van der Waals surface area contributed by atoms with Crippen LogP contribution in [-0.2, 0) is 20.0 Å². The quantitative estimate of drug-likeness (QED) is 0.421. The molecule has 142 valence electrons. The second-order valence-electron chi connectivity index (χ2n) is 4.98. The van der Waals surface area contributed by atoms with E-state index in [4.69, 9.17) is 0 Å². The number of hydrogen-bond acceptors (Lipinski definition) is 4. The van der Waals surface area contributed by atoms with Crippen molar-refractivity contribution >= 4 is 95.1 Å². The van der Waals surface area contributed by atoms with Crippen molar-refractivity contribution in [2.24, 2.45) is 0 Å². The highest BCUT2D eigenvalue weighted by atomic mass is 79.9. The molecule has 0 heterocycles. The van der Waals surface area contributed by atoms with Gasteiger partial charge in [0, 0.05) is 11.4 Å². The molecular weight excluding hydrogens is 644 g/mol. The maximum atomic E-state index is 12.8. The lowest BCUT2D eigenvalue weighted by Gasteiger charge is -2.33. The van der Waals surface area contributed by atoms with Crippen LogP contribution in [-0.4, -0.2) is 22.0 Å². The third-order valence-corrected chi connectivity index (χ3v) is 16.8. The van der Waals surface area contributed by atoms with E-state index in [1.165, 1.54) is 24.3 Å². The van der Waals surface area contributed by atoms with E-state index < -0.39 is 25.2 Å². The van der Waals surface area contributed by atoms with Crippen LogP contribution in [0.4, 0.5) is 11.4 Å². The van der Waals surface area contributed by atoms with Crippen molar-refractivity contribution in [2.45, 2.75) is 5.13 Å². The van der Waals surface area contributed by atoms with Crippen molar-refractivity contribution in [1.82, 2.24) is 0 Å². The van der Waals surface area contributed by atoms with E-state index in [9.17, 15) is 16.8 Å². The minimum absolute atomic E-state index is 0.278. The normalized spacial score (nSPS) is 13.2. The molecule has 0 aliphatic rings. The maximum absolute atomic E-state index is 12.8. The Morgan fingerprint density at radius 1 is 0.577 bits per heavy atom. The molecule has 26 heavy (non-hydrogen) atoms. The van der Waals surface area contributed by atoms with E-state index in [2.05, 4.69) is 73.2 Å². The zero-order valence-corrected chi connectivity index (χ0v) is 20.7. The smallest absolute Gasteiger partial charge is 0.262 e. The zero-order chi connectivity index (χ0) is 19.6. The first kappa shape index (κ1) is 22.2. The molecule has 0 aliphatic carbocycles. The van der Waals surface area contributed by atoms with Crippen LogP contribution in [0.5, 0.6) is 0 Å². The number of anilines is 2. The van der Waals surface area contributed by atoms with Crippen LogP contribution in [0.1, 0.15) is 0 Å². The van der Waals surface area contributed by atoms with Crippen molar-refractivity contribution in [3.8, 4) is 0 Å². The predicted octanol–water partition coefficient (Wildman–Crippen LogP) is 4.76. The Balaban J connectivity index is 2.38. The monoisotopic (exact) mass is 652 g/mol. The molecular formula is C14H12Br4N2O4S2. The van der Waals surface area contributed by atoms with Gasteiger partial charge in [-0.3, -0.25) is 9.44 Å². The third-order valence-electron chi connectivity index (χ3n) is 3.07. The van der Waals surface area contributed by atoms with Crippen LogP contribution in [0.2, 0.25) is 0 Å². The Hall–Kier alpha value is -0.140. The van der Waals surface area contributed by atoms with E-state index in [1.807, 2.05) is 0 Å². The van der Waals surface area contributed by atoms with Gasteiger partial charge in [0.1, 0.15) is 0 Å². The van der Waals surface area contributed by atoms with Gasteiger partial charge in [0.15, 0.2) is 0 Å². The fourth-order valence-electron chi connectivity index (χ4n) is 1.76. The summed E-state index contributed by atoms with van der Waals surface area (Å²) in [6.45, 7) is 0. The molecule has 0 unspecified atom stereocenters. The molecule has 0 aromatic heterocycles.